The fourth-order valence-corrected chi connectivity index (χ4v) is 2.25. The van der Waals surface area contributed by atoms with Gasteiger partial charge in [-0.1, -0.05) is 50.1 Å². The number of benzene rings is 1. The number of azo groups is 1. The number of hydrogen-bond acceptors (Lipinski definition) is 3. The predicted molar refractivity (Wildman–Crippen MR) is 82.1 cm³/mol. The van der Waals surface area contributed by atoms with E-state index in [1.807, 2.05) is 36.4 Å². The molecule has 0 spiro atoms. The Morgan fingerprint density at radius 3 is 2.60 bits per heavy atom. The third kappa shape index (κ3) is 3.87. The number of unbranched alkanes of at least 4 members (excludes halogenated alkanes) is 1. The maximum atomic E-state index is 5.69. The van der Waals surface area contributed by atoms with Gasteiger partial charge in [0.25, 0.3) is 0 Å². The van der Waals surface area contributed by atoms with Gasteiger partial charge in [0.2, 0.25) is 0 Å². The Hall–Kier alpha value is -1.74. The first kappa shape index (κ1) is 14.7. The lowest BCUT2D eigenvalue weighted by Crippen LogP contribution is -2.29. The minimum atomic E-state index is -0.151. The van der Waals surface area contributed by atoms with Crippen molar-refractivity contribution in [2.75, 3.05) is 7.11 Å². The molecular formula is C17H22N2O. The number of rotatable bonds is 6. The van der Waals surface area contributed by atoms with Crippen molar-refractivity contribution in [3.05, 3.63) is 54.3 Å². The fourth-order valence-electron chi connectivity index (χ4n) is 2.25. The minimum Gasteiger partial charge on any atom is -0.374 e. The third-order valence-electron chi connectivity index (χ3n) is 3.61. The van der Waals surface area contributed by atoms with Gasteiger partial charge in [-0.3, -0.25) is 0 Å². The Morgan fingerprint density at radius 1 is 1.20 bits per heavy atom. The first-order valence-electron chi connectivity index (χ1n) is 7.19. The lowest BCUT2D eigenvalue weighted by atomic mass is 9.89. The predicted octanol–water partition coefficient (Wildman–Crippen LogP) is 5.19. The van der Waals surface area contributed by atoms with E-state index in [0.717, 1.165) is 24.2 Å². The molecule has 0 saturated heterocycles. The molecule has 3 nitrogen and oxygen atoms in total. The van der Waals surface area contributed by atoms with Gasteiger partial charge in [0, 0.05) is 13.5 Å². The summed E-state index contributed by atoms with van der Waals surface area (Å²) < 4.78 is 5.69. The van der Waals surface area contributed by atoms with Gasteiger partial charge in [0.05, 0.1) is 17.0 Å². The van der Waals surface area contributed by atoms with Crippen molar-refractivity contribution in [3.63, 3.8) is 0 Å². The highest BCUT2D eigenvalue weighted by Gasteiger charge is 2.27. The van der Waals surface area contributed by atoms with E-state index in [0.29, 0.717) is 0 Å². The minimum absolute atomic E-state index is 0.151. The summed E-state index contributed by atoms with van der Waals surface area (Å²) in [6, 6.07) is 9.77. The van der Waals surface area contributed by atoms with Gasteiger partial charge in [-0.05, 0) is 24.6 Å². The van der Waals surface area contributed by atoms with Crippen molar-refractivity contribution in [1.82, 2.24) is 0 Å². The van der Waals surface area contributed by atoms with Crippen LogP contribution in [0, 0.1) is 0 Å². The number of allylic oxidation sites excluding steroid dienone is 1. The molecule has 0 bridgehead atoms. The van der Waals surface area contributed by atoms with Crippen LogP contribution in [0.15, 0.2) is 64.5 Å². The topological polar surface area (TPSA) is 34.0 Å². The molecule has 0 heterocycles. The Morgan fingerprint density at radius 2 is 2.00 bits per heavy atom. The summed E-state index contributed by atoms with van der Waals surface area (Å²) in [6.45, 7) is 2.20. The summed E-state index contributed by atoms with van der Waals surface area (Å²) in [6.07, 6.45) is 10.5. The van der Waals surface area contributed by atoms with Gasteiger partial charge in [-0.25, -0.2) is 0 Å². The van der Waals surface area contributed by atoms with Crippen molar-refractivity contribution < 1.29 is 4.74 Å². The van der Waals surface area contributed by atoms with Crippen LogP contribution < -0.4 is 0 Å². The van der Waals surface area contributed by atoms with Gasteiger partial charge < -0.3 is 4.74 Å². The summed E-state index contributed by atoms with van der Waals surface area (Å²) in [5.41, 5.74) is 1.62. The number of methoxy groups -OCH3 is 1. The Bertz CT molecular complexity index is 505. The summed E-state index contributed by atoms with van der Waals surface area (Å²) in [4.78, 5) is 0. The molecule has 1 aromatic carbocycles. The standard InChI is InChI=1S/C17H22N2O/c1-3-4-12-17(20-2)13-10-16(11-14-17)19-18-15-8-6-5-7-9-15/h5-11,13H,3-4,12,14H2,1-2H3. The Kier molecular flexibility index (Phi) is 5.24. The van der Waals surface area contributed by atoms with Gasteiger partial charge in [0.15, 0.2) is 0 Å². The molecule has 0 aromatic heterocycles. The fraction of sp³-hybridized carbons (Fsp3) is 0.412. The normalized spacial score (nSPS) is 22.2. The average Bonchev–Trinajstić information content (AvgIpc) is 2.53. The maximum Gasteiger partial charge on any atom is 0.0897 e. The molecule has 1 atom stereocenters. The van der Waals surface area contributed by atoms with Crippen LogP contribution in [0.4, 0.5) is 5.69 Å². The molecule has 1 aliphatic rings. The molecule has 0 fully saturated rings. The smallest absolute Gasteiger partial charge is 0.0897 e. The zero-order chi connectivity index (χ0) is 14.3. The van der Waals surface area contributed by atoms with Crippen LogP contribution in [-0.4, -0.2) is 12.7 Å². The highest BCUT2D eigenvalue weighted by Crippen LogP contribution is 2.30. The van der Waals surface area contributed by atoms with E-state index in [1.54, 1.807) is 7.11 Å². The average molecular weight is 270 g/mol. The first-order chi connectivity index (χ1) is 9.78. The summed E-state index contributed by atoms with van der Waals surface area (Å²) in [7, 11) is 1.78. The van der Waals surface area contributed by atoms with Crippen molar-refractivity contribution >= 4 is 5.69 Å². The van der Waals surface area contributed by atoms with E-state index in [2.05, 4.69) is 29.3 Å². The second kappa shape index (κ2) is 7.15. The first-order valence-corrected chi connectivity index (χ1v) is 7.19. The van der Waals surface area contributed by atoms with Gasteiger partial charge >= 0.3 is 0 Å². The molecule has 1 aromatic rings. The highest BCUT2D eigenvalue weighted by atomic mass is 16.5. The van der Waals surface area contributed by atoms with Crippen molar-refractivity contribution in [2.24, 2.45) is 10.2 Å². The summed E-state index contributed by atoms with van der Waals surface area (Å²) in [5, 5.41) is 8.51. The monoisotopic (exact) mass is 270 g/mol. The second-order valence-electron chi connectivity index (χ2n) is 5.07. The molecule has 0 N–H and O–H groups in total. The Balaban J connectivity index is 1.99. The molecule has 2 rings (SSSR count). The Labute approximate surface area is 121 Å². The number of ether oxygens (including phenoxy) is 1. The van der Waals surface area contributed by atoms with Crippen LogP contribution in [-0.2, 0) is 4.74 Å². The van der Waals surface area contributed by atoms with E-state index in [-0.39, 0.29) is 5.60 Å². The van der Waals surface area contributed by atoms with Crippen LogP contribution >= 0.6 is 0 Å². The van der Waals surface area contributed by atoms with Crippen LogP contribution in [0.5, 0.6) is 0 Å². The van der Waals surface area contributed by atoms with Gasteiger partial charge in [0.1, 0.15) is 0 Å². The molecule has 0 saturated carbocycles. The number of hydrogen-bond donors (Lipinski definition) is 0. The van der Waals surface area contributed by atoms with Gasteiger partial charge in [-0.2, -0.15) is 10.2 Å². The van der Waals surface area contributed by atoms with Crippen LogP contribution in [0.3, 0.4) is 0 Å². The zero-order valence-electron chi connectivity index (χ0n) is 12.2. The highest BCUT2D eigenvalue weighted by molar-refractivity contribution is 5.36. The van der Waals surface area contributed by atoms with Crippen molar-refractivity contribution in [3.8, 4) is 0 Å². The van der Waals surface area contributed by atoms with Crippen LogP contribution in [0.1, 0.15) is 32.6 Å². The lowest BCUT2D eigenvalue weighted by molar-refractivity contribution is 0.0244. The van der Waals surface area contributed by atoms with E-state index in [4.69, 9.17) is 4.74 Å². The molecule has 1 aliphatic carbocycles. The van der Waals surface area contributed by atoms with Crippen LogP contribution in [0.2, 0.25) is 0 Å². The lowest BCUT2D eigenvalue weighted by Gasteiger charge is -2.30. The molecule has 0 amide bonds. The molecule has 1 unspecified atom stereocenters. The molecule has 0 aliphatic heterocycles. The quantitative estimate of drug-likeness (QED) is 0.655. The van der Waals surface area contributed by atoms with E-state index < -0.39 is 0 Å². The van der Waals surface area contributed by atoms with E-state index in [9.17, 15) is 0 Å². The molecule has 106 valence electrons. The number of nitrogens with zero attached hydrogens (tertiary/aromatic N) is 2. The molecule has 20 heavy (non-hydrogen) atoms. The molecule has 0 radical (unpaired) electrons. The van der Waals surface area contributed by atoms with Crippen molar-refractivity contribution in [1.29, 1.82) is 0 Å². The van der Waals surface area contributed by atoms with Crippen molar-refractivity contribution in [2.45, 2.75) is 38.2 Å². The zero-order valence-corrected chi connectivity index (χ0v) is 12.2. The SMILES string of the molecule is CCCCC1(OC)C=CC(N=Nc2ccccc2)=CC1. The third-order valence-corrected chi connectivity index (χ3v) is 3.61. The van der Waals surface area contributed by atoms with Crippen LogP contribution in [0.25, 0.3) is 0 Å². The second-order valence-corrected chi connectivity index (χ2v) is 5.07. The van der Waals surface area contributed by atoms with E-state index in [1.165, 1.54) is 12.8 Å². The van der Waals surface area contributed by atoms with Gasteiger partial charge in [-0.15, -0.1) is 0 Å². The molecule has 3 heteroatoms. The summed E-state index contributed by atoms with van der Waals surface area (Å²) in [5.74, 6) is 0. The largest absolute Gasteiger partial charge is 0.374 e. The maximum absolute atomic E-state index is 5.69. The van der Waals surface area contributed by atoms with E-state index >= 15 is 0 Å². The molecular weight excluding hydrogens is 248 g/mol. The summed E-state index contributed by atoms with van der Waals surface area (Å²) >= 11 is 0.